The van der Waals surface area contributed by atoms with Crippen LogP contribution in [0.2, 0.25) is 0 Å². The summed E-state index contributed by atoms with van der Waals surface area (Å²) in [4.78, 5) is 17.0. The normalized spacial score (nSPS) is 15.4. The third-order valence-corrected chi connectivity index (χ3v) is 5.12. The highest BCUT2D eigenvalue weighted by atomic mass is 16.5. The van der Waals surface area contributed by atoms with Crippen molar-refractivity contribution >= 4 is 11.9 Å². The molecule has 0 radical (unpaired) electrons. The van der Waals surface area contributed by atoms with Gasteiger partial charge in [-0.1, -0.05) is 29.8 Å². The molecule has 0 bridgehead atoms. The van der Waals surface area contributed by atoms with E-state index < -0.39 is 11.9 Å². The smallest absolute Gasteiger partial charge is 0.248 e. The molecule has 30 heavy (non-hydrogen) atoms. The van der Waals surface area contributed by atoms with Gasteiger partial charge in [-0.15, -0.1) is 5.10 Å². The van der Waals surface area contributed by atoms with E-state index in [0.29, 0.717) is 34.5 Å². The van der Waals surface area contributed by atoms with Gasteiger partial charge in [0, 0.05) is 11.3 Å². The maximum atomic E-state index is 12.3. The maximum absolute atomic E-state index is 12.3. The number of anilines is 1. The Bertz CT molecular complexity index is 1170. The second-order valence-electron chi connectivity index (χ2n) is 7.12. The highest BCUT2D eigenvalue weighted by Gasteiger charge is 2.33. The van der Waals surface area contributed by atoms with Crippen molar-refractivity contribution in [1.29, 1.82) is 0 Å². The number of carbonyl (C=O) groups is 1. The number of hydrogen-bond donors (Lipinski definition) is 2. The maximum Gasteiger partial charge on any atom is 0.248 e. The van der Waals surface area contributed by atoms with E-state index >= 15 is 0 Å². The van der Waals surface area contributed by atoms with Crippen LogP contribution in [-0.4, -0.2) is 34.9 Å². The van der Waals surface area contributed by atoms with Crippen LogP contribution in [-0.2, 0) is 4.79 Å². The third-order valence-electron chi connectivity index (χ3n) is 5.12. The van der Waals surface area contributed by atoms with Crippen molar-refractivity contribution in [2.24, 2.45) is 5.73 Å². The van der Waals surface area contributed by atoms with Crippen LogP contribution in [0, 0.1) is 6.92 Å². The van der Waals surface area contributed by atoms with Crippen molar-refractivity contribution in [2.45, 2.75) is 19.9 Å². The molecule has 8 nitrogen and oxygen atoms in total. The van der Waals surface area contributed by atoms with Crippen LogP contribution >= 0.6 is 0 Å². The van der Waals surface area contributed by atoms with Crippen LogP contribution in [0.5, 0.6) is 11.5 Å². The van der Waals surface area contributed by atoms with Gasteiger partial charge in [0.25, 0.3) is 0 Å². The SMILES string of the molecule is COc1ccc(-c2nc3n(n2)[C@@H](c2cccc(C)c2)C(C(N)=O)=C(C)N3)cc1OC. The molecule has 0 saturated heterocycles. The fraction of sp³-hybridized carbons (Fsp3) is 0.227. The fourth-order valence-corrected chi connectivity index (χ4v) is 3.72. The first-order valence-corrected chi connectivity index (χ1v) is 9.46. The molecule has 8 heteroatoms. The lowest BCUT2D eigenvalue weighted by Crippen LogP contribution is -2.31. The molecule has 1 amide bonds. The summed E-state index contributed by atoms with van der Waals surface area (Å²) in [7, 11) is 3.16. The summed E-state index contributed by atoms with van der Waals surface area (Å²) in [5, 5.41) is 7.87. The molecule has 4 rings (SSSR count). The molecule has 1 atom stereocenters. The zero-order valence-electron chi connectivity index (χ0n) is 17.3. The van der Waals surface area contributed by atoms with E-state index in [1.807, 2.05) is 50.2 Å². The number of rotatable bonds is 5. The zero-order valence-corrected chi connectivity index (χ0v) is 17.3. The first-order chi connectivity index (χ1) is 14.4. The Morgan fingerprint density at radius 3 is 2.53 bits per heavy atom. The molecule has 0 aliphatic carbocycles. The van der Waals surface area contributed by atoms with Gasteiger partial charge in [-0.3, -0.25) is 4.79 Å². The molecule has 2 heterocycles. The van der Waals surface area contributed by atoms with E-state index in [-0.39, 0.29) is 0 Å². The molecule has 2 aromatic carbocycles. The van der Waals surface area contributed by atoms with Crippen LogP contribution in [0.25, 0.3) is 11.4 Å². The number of carbonyl (C=O) groups excluding carboxylic acids is 1. The lowest BCUT2D eigenvalue weighted by atomic mass is 9.94. The van der Waals surface area contributed by atoms with Crippen LogP contribution < -0.4 is 20.5 Å². The summed E-state index contributed by atoms with van der Waals surface area (Å²) in [6.45, 7) is 3.82. The summed E-state index contributed by atoms with van der Waals surface area (Å²) in [5.41, 5.74) is 9.61. The number of aromatic nitrogens is 3. The van der Waals surface area contributed by atoms with Gasteiger partial charge < -0.3 is 20.5 Å². The Morgan fingerprint density at radius 1 is 1.10 bits per heavy atom. The van der Waals surface area contributed by atoms with Crippen LogP contribution in [0.1, 0.15) is 24.1 Å². The van der Waals surface area contributed by atoms with Crippen LogP contribution in [0.3, 0.4) is 0 Å². The Labute approximate surface area is 174 Å². The highest BCUT2D eigenvalue weighted by molar-refractivity contribution is 5.95. The largest absolute Gasteiger partial charge is 0.493 e. The minimum Gasteiger partial charge on any atom is -0.493 e. The van der Waals surface area contributed by atoms with E-state index in [1.165, 1.54) is 0 Å². The van der Waals surface area contributed by atoms with Crippen molar-refractivity contribution in [3.63, 3.8) is 0 Å². The Hall–Kier alpha value is -3.81. The van der Waals surface area contributed by atoms with E-state index in [2.05, 4.69) is 10.3 Å². The topological polar surface area (TPSA) is 104 Å². The number of amides is 1. The number of ether oxygens (including phenoxy) is 2. The number of benzene rings is 2. The number of fused-ring (bicyclic) bond motifs is 1. The highest BCUT2D eigenvalue weighted by Crippen LogP contribution is 2.37. The number of aryl methyl sites for hydroxylation is 1. The summed E-state index contributed by atoms with van der Waals surface area (Å²) >= 11 is 0. The van der Waals surface area contributed by atoms with Gasteiger partial charge in [0.1, 0.15) is 6.04 Å². The number of nitrogens with one attached hydrogen (secondary N) is 1. The molecule has 1 aromatic heterocycles. The van der Waals surface area contributed by atoms with Gasteiger partial charge in [0.15, 0.2) is 17.3 Å². The Kier molecular flexibility index (Phi) is 4.91. The second kappa shape index (κ2) is 7.55. The minimum absolute atomic E-state index is 0.455. The van der Waals surface area contributed by atoms with Crippen LogP contribution in [0.15, 0.2) is 53.7 Å². The number of methoxy groups -OCH3 is 2. The lowest BCUT2D eigenvalue weighted by molar-refractivity contribution is -0.115. The van der Waals surface area contributed by atoms with Crippen molar-refractivity contribution in [1.82, 2.24) is 14.8 Å². The second-order valence-corrected chi connectivity index (χ2v) is 7.12. The third kappa shape index (κ3) is 3.26. The van der Waals surface area contributed by atoms with E-state index in [9.17, 15) is 4.79 Å². The number of allylic oxidation sites excluding steroid dienone is 1. The van der Waals surface area contributed by atoms with Crippen molar-refractivity contribution in [2.75, 3.05) is 19.5 Å². The summed E-state index contributed by atoms with van der Waals surface area (Å²) in [6.07, 6.45) is 0. The van der Waals surface area contributed by atoms with Crippen molar-refractivity contribution < 1.29 is 14.3 Å². The van der Waals surface area contributed by atoms with Crippen molar-refractivity contribution in [3.8, 4) is 22.9 Å². The Balaban J connectivity index is 1.86. The van der Waals surface area contributed by atoms with Crippen LogP contribution in [0.4, 0.5) is 5.95 Å². The molecular formula is C22H23N5O3. The number of primary amides is 1. The predicted molar refractivity (Wildman–Crippen MR) is 113 cm³/mol. The predicted octanol–water partition coefficient (Wildman–Crippen LogP) is 3.04. The molecule has 0 saturated carbocycles. The van der Waals surface area contributed by atoms with Crippen molar-refractivity contribution in [3.05, 3.63) is 64.9 Å². The standard InChI is InChI=1S/C22H23N5O3/c1-12-6-5-7-14(10-12)19-18(20(23)28)13(2)24-22-25-21(26-27(19)22)15-8-9-16(29-3)17(11-15)30-4/h5-11,19H,1-4H3,(H2,23,28)(H,24,25,26)/t19-/m0/s1. The zero-order chi connectivity index (χ0) is 21.4. The average Bonchev–Trinajstić information content (AvgIpc) is 3.15. The molecule has 154 valence electrons. The van der Waals surface area contributed by atoms with Gasteiger partial charge in [-0.25, -0.2) is 4.68 Å². The van der Waals surface area contributed by atoms with E-state index in [0.717, 1.165) is 16.7 Å². The fourth-order valence-electron chi connectivity index (χ4n) is 3.72. The number of nitrogens with zero attached hydrogens (tertiary/aromatic N) is 3. The lowest BCUT2D eigenvalue weighted by Gasteiger charge is -2.27. The number of hydrogen-bond acceptors (Lipinski definition) is 6. The monoisotopic (exact) mass is 405 g/mol. The molecule has 3 aromatic rings. The first kappa shape index (κ1) is 19.5. The number of nitrogens with two attached hydrogens (primary N) is 1. The molecule has 0 unspecified atom stereocenters. The molecule has 0 spiro atoms. The van der Waals surface area contributed by atoms with Gasteiger partial charge >= 0.3 is 0 Å². The molecule has 3 N–H and O–H groups in total. The van der Waals surface area contributed by atoms with Gasteiger partial charge in [0.2, 0.25) is 11.9 Å². The average molecular weight is 405 g/mol. The minimum atomic E-state index is -0.500. The summed E-state index contributed by atoms with van der Waals surface area (Å²) < 4.78 is 12.4. The first-order valence-electron chi connectivity index (χ1n) is 9.46. The van der Waals surface area contributed by atoms with Gasteiger partial charge in [0.05, 0.1) is 19.8 Å². The molecule has 1 aliphatic heterocycles. The van der Waals surface area contributed by atoms with Gasteiger partial charge in [-0.2, -0.15) is 4.98 Å². The quantitative estimate of drug-likeness (QED) is 0.676. The van der Waals surface area contributed by atoms with Gasteiger partial charge in [-0.05, 0) is 37.6 Å². The molecule has 0 fully saturated rings. The van der Waals surface area contributed by atoms with E-state index in [4.69, 9.17) is 20.3 Å². The summed E-state index contributed by atoms with van der Waals surface area (Å²) in [5.74, 6) is 1.73. The molecule has 1 aliphatic rings. The summed E-state index contributed by atoms with van der Waals surface area (Å²) in [6, 6.07) is 12.9. The Morgan fingerprint density at radius 2 is 1.87 bits per heavy atom. The van der Waals surface area contributed by atoms with E-state index in [1.54, 1.807) is 25.0 Å². The molecular weight excluding hydrogens is 382 g/mol.